The molecular formula is C27H33BrN4O2. The SMILES string of the molecule is Cc1ccc(-n2nc(C(C)(C)C)cc2NC(=O)CN(CC(C)C)C(=O)c2ccc(Br)cc2)cc1. The van der Waals surface area contributed by atoms with Crippen LogP contribution in [0, 0.1) is 12.8 Å². The summed E-state index contributed by atoms with van der Waals surface area (Å²) in [6.45, 7) is 12.8. The van der Waals surface area contributed by atoms with E-state index < -0.39 is 0 Å². The number of anilines is 1. The maximum atomic E-state index is 13.1. The highest BCUT2D eigenvalue weighted by Gasteiger charge is 2.24. The van der Waals surface area contributed by atoms with Crippen LogP contribution in [0.25, 0.3) is 5.69 Å². The molecule has 0 spiro atoms. The molecule has 3 rings (SSSR count). The summed E-state index contributed by atoms with van der Waals surface area (Å²) in [4.78, 5) is 27.9. The van der Waals surface area contributed by atoms with Gasteiger partial charge in [0.1, 0.15) is 12.4 Å². The number of halogens is 1. The second kappa shape index (κ2) is 10.6. The second-order valence-corrected chi connectivity index (χ2v) is 11.0. The van der Waals surface area contributed by atoms with Gasteiger partial charge in [-0.3, -0.25) is 9.59 Å². The van der Waals surface area contributed by atoms with Crippen LogP contribution in [0.2, 0.25) is 0 Å². The number of hydrogen-bond acceptors (Lipinski definition) is 3. The van der Waals surface area contributed by atoms with E-state index in [1.165, 1.54) is 0 Å². The summed E-state index contributed by atoms with van der Waals surface area (Å²) in [5, 5.41) is 7.77. The maximum Gasteiger partial charge on any atom is 0.254 e. The highest BCUT2D eigenvalue weighted by Crippen LogP contribution is 2.26. The monoisotopic (exact) mass is 524 g/mol. The summed E-state index contributed by atoms with van der Waals surface area (Å²) < 4.78 is 2.65. The van der Waals surface area contributed by atoms with Crippen LogP contribution in [-0.2, 0) is 10.2 Å². The summed E-state index contributed by atoms with van der Waals surface area (Å²) in [5.74, 6) is 0.371. The van der Waals surface area contributed by atoms with Gasteiger partial charge in [0.25, 0.3) is 5.91 Å². The average molecular weight is 525 g/mol. The molecule has 0 aliphatic carbocycles. The van der Waals surface area contributed by atoms with Crippen molar-refractivity contribution in [3.05, 3.63) is 75.9 Å². The third-order valence-corrected chi connectivity index (χ3v) is 5.85. The molecule has 2 amide bonds. The Morgan fingerprint density at radius 1 is 1.06 bits per heavy atom. The molecule has 0 fully saturated rings. The first-order valence-corrected chi connectivity index (χ1v) is 12.3. The minimum absolute atomic E-state index is 0.0446. The van der Waals surface area contributed by atoms with E-state index in [1.54, 1.807) is 21.7 Å². The predicted octanol–water partition coefficient (Wildman–Crippen LogP) is 5.98. The van der Waals surface area contributed by atoms with E-state index >= 15 is 0 Å². The number of nitrogens with one attached hydrogen (secondary N) is 1. The zero-order chi connectivity index (χ0) is 25.0. The van der Waals surface area contributed by atoms with E-state index in [1.807, 2.05) is 63.2 Å². The zero-order valence-corrected chi connectivity index (χ0v) is 22.3. The first-order valence-electron chi connectivity index (χ1n) is 11.5. The molecule has 6 nitrogen and oxygen atoms in total. The van der Waals surface area contributed by atoms with E-state index in [2.05, 4.69) is 42.0 Å². The number of carbonyl (C=O) groups excluding carboxylic acids is 2. The molecule has 0 saturated heterocycles. The summed E-state index contributed by atoms with van der Waals surface area (Å²) in [6, 6.07) is 17.1. The fraction of sp³-hybridized carbons (Fsp3) is 0.370. The molecule has 34 heavy (non-hydrogen) atoms. The summed E-state index contributed by atoms with van der Waals surface area (Å²) in [5.41, 5.74) is 3.25. The molecule has 0 saturated carbocycles. The number of aryl methyl sites for hydroxylation is 1. The van der Waals surface area contributed by atoms with E-state index in [0.29, 0.717) is 17.9 Å². The summed E-state index contributed by atoms with van der Waals surface area (Å²) >= 11 is 3.40. The average Bonchev–Trinajstić information content (AvgIpc) is 3.17. The van der Waals surface area contributed by atoms with Gasteiger partial charge >= 0.3 is 0 Å². The smallest absolute Gasteiger partial charge is 0.254 e. The van der Waals surface area contributed by atoms with Gasteiger partial charge in [-0.05, 0) is 49.2 Å². The van der Waals surface area contributed by atoms with E-state index in [4.69, 9.17) is 5.10 Å². The van der Waals surface area contributed by atoms with Crippen molar-refractivity contribution in [3.8, 4) is 5.69 Å². The van der Waals surface area contributed by atoms with Crippen LogP contribution in [0.4, 0.5) is 5.82 Å². The van der Waals surface area contributed by atoms with Gasteiger partial charge in [0, 0.05) is 28.1 Å². The van der Waals surface area contributed by atoms with Crippen LogP contribution in [0.15, 0.2) is 59.1 Å². The van der Waals surface area contributed by atoms with Crippen molar-refractivity contribution < 1.29 is 9.59 Å². The minimum Gasteiger partial charge on any atom is -0.329 e. The van der Waals surface area contributed by atoms with Gasteiger partial charge < -0.3 is 10.2 Å². The Labute approximate surface area is 210 Å². The fourth-order valence-electron chi connectivity index (χ4n) is 3.51. The molecule has 0 bridgehead atoms. The largest absolute Gasteiger partial charge is 0.329 e. The number of carbonyl (C=O) groups is 2. The topological polar surface area (TPSA) is 67.2 Å². The highest BCUT2D eigenvalue weighted by atomic mass is 79.9. The Kier molecular flexibility index (Phi) is 7.97. The zero-order valence-electron chi connectivity index (χ0n) is 20.7. The third-order valence-electron chi connectivity index (χ3n) is 5.32. The van der Waals surface area contributed by atoms with Gasteiger partial charge in [-0.15, -0.1) is 0 Å². The van der Waals surface area contributed by atoms with Crippen molar-refractivity contribution in [2.24, 2.45) is 5.92 Å². The molecule has 0 aliphatic heterocycles. The number of aromatic nitrogens is 2. The summed E-state index contributed by atoms with van der Waals surface area (Å²) in [6.07, 6.45) is 0. The quantitative estimate of drug-likeness (QED) is 0.413. The van der Waals surface area contributed by atoms with Crippen molar-refractivity contribution >= 4 is 33.6 Å². The van der Waals surface area contributed by atoms with Crippen molar-refractivity contribution in [1.82, 2.24) is 14.7 Å². The number of hydrogen-bond donors (Lipinski definition) is 1. The first kappa shape index (κ1) is 25.7. The van der Waals surface area contributed by atoms with Crippen molar-refractivity contribution in [2.75, 3.05) is 18.4 Å². The molecule has 2 aromatic carbocycles. The van der Waals surface area contributed by atoms with Gasteiger partial charge in [0.2, 0.25) is 5.91 Å². The predicted molar refractivity (Wildman–Crippen MR) is 141 cm³/mol. The molecule has 0 radical (unpaired) electrons. The molecule has 1 N–H and O–H groups in total. The molecule has 1 heterocycles. The highest BCUT2D eigenvalue weighted by molar-refractivity contribution is 9.10. The van der Waals surface area contributed by atoms with Crippen molar-refractivity contribution in [2.45, 2.75) is 47.0 Å². The molecule has 0 unspecified atom stereocenters. The molecular weight excluding hydrogens is 492 g/mol. The normalized spacial score (nSPS) is 11.5. The lowest BCUT2D eigenvalue weighted by atomic mass is 9.92. The van der Waals surface area contributed by atoms with Gasteiger partial charge in [0.05, 0.1) is 11.4 Å². The maximum absolute atomic E-state index is 13.1. The molecule has 7 heteroatoms. The van der Waals surface area contributed by atoms with Gasteiger partial charge in [-0.1, -0.05) is 68.2 Å². The van der Waals surface area contributed by atoms with E-state index in [-0.39, 0.29) is 29.7 Å². The van der Waals surface area contributed by atoms with Crippen LogP contribution in [0.5, 0.6) is 0 Å². The number of benzene rings is 2. The third kappa shape index (κ3) is 6.56. The van der Waals surface area contributed by atoms with E-state index in [0.717, 1.165) is 21.4 Å². The number of nitrogens with zero attached hydrogens (tertiary/aromatic N) is 3. The minimum atomic E-state index is -0.264. The Bertz CT molecular complexity index is 1140. The standard InChI is InChI=1S/C27H33BrN4O2/c1-18(2)16-31(26(34)20-9-11-21(28)12-10-20)17-25(33)29-24-15-23(27(4,5)6)30-32(24)22-13-7-19(3)8-14-22/h7-15,18H,16-17H2,1-6H3,(H,29,33). The van der Waals surface area contributed by atoms with Crippen molar-refractivity contribution in [3.63, 3.8) is 0 Å². The van der Waals surface area contributed by atoms with Crippen LogP contribution >= 0.6 is 15.9 Å². The number of rotatable bonds is 7. The van der Waals surface area contributed by atoms with Crippen LogP contribution in [-0.4, -0.2) is 39.6 Å². The molecule has 1 aromatic heterocycles. The lowest BCUT2D eigenvalue weighted by molar-refractivity contribution is -0.117. The van der Waals surface area contributed by atoms with Crippen LogP contribution in [0.1, 0.15) is 56.2 Å². The Balaban J connectivity index is 1.86. The molecule has 180 valence electrons. The second-order valence-electron chi connectivity index (χ2n) is 10.0. The Morgan fingerprint density at radius 2 is 1.68 bits per heavy atom. The lowest BCUT2D eigenvalue weighted by Gasteiger charge is -2.24. The van der Waals surface area contributed by atoms with Gasteiger partial charge in [0.15, 0.2) is 0 Å². The van der Waals surface area contributed by atoms with Crippen LogP contribution < -0.4 is 5.32 Å². The first-order chi connectivity index (χ1) is 15.9. The summed E-state index contributed by atoms with van der Waals surface area (Å²) in [7, 11) is 0. The Morgan fingerprint density at radius 3 is 2.24 bits per heavy atom. The van der Waals surface area contributed by atoms with Crippen molar-refractivity contribution in [1.29, 1.82) is 0 Å². The molecule has 0 atom stereocenters. The fourth-order valence-corrected chi connectivity index (χ4v) is 3.77. The number of amides is 2. The van der Waals surface area contributed by atoms with E-state index in [9.17, 15) is 9.59 Å². The molecule has 3 aromatic rings. The van der Waals surface area contributed by atoms with Gasteiger partial charge in [-0.25, -0.2) is 4.68 Å². The van der Waals surface area contributed by atoms with Crippen LogP contribution in [0.3, 0.4) is 0 Å². The molecule has 0 aliphatic rings. The van der Waals surface area contributed by atoms with Gasteiger partial charge in [-0.2, -0.15) is 5.10 Å². The Hall–Kier alpha value is -2.93. The lowest BCUT2D eigenvalue weighted by Crippen LogP contribution is -2.40.